The summed E-state index contributed by atoms with van der Waals surface area (Å²) >= 11 is 0. The third-order valence-corrected chi connectivity index (χ3v) is 2.17. The standard InChI is InChI=1S/C8H13NO4/c9-4-6-1-2-7(11)3-8(6)13-12-5-10/h6-8,10-11H,1-3,5H2. The van der Waals surface area contributed by atoms with E-state index in [0.717, 1.165) is 0 Å². The summed E-state index contributed by atoms with van der Waals surface area (Å²) in [4.78, 5) is 9.12. The van der Waals surface area contributed by atoms with Crippen molar-refractivity contribution in [3.05, 3.63) is 0 Å². The third-order valence-electron chi connectivity index (χ3n) is 2.17. The maximum atomic E-state index is 9.28. The summed E-state index contributed by atoms with van der Waals surface area (Å²) in [5.41, 5.74) is 0. The lowest BCUT2D eigenvalue weighted by atomic mass is 9.86. The third kappa shape index (κ3) is 2.94. The van der Waals surface area contributed by atoms with Crippen molar-refractivity contribution in [2.75, 3.05) is 6.79 Å². The Morgan fingerprint density at radius 2 is 2.23 bits per heavy atom. The van der Waals surface area contributed by atoms with Gasteiger partial charge in [0.05, 0.1) is 18.1 Å². The van der Waals surface area contributed by atoms with Gasteiger partial charge in [-0.1, -0.05) is 0 Å². The molecule has 0 aromatic rings. The number of aliphatic hydroxyl groups excluding tert-OH is 2. The normalized spacial score (nSPS) is 34.1. The Bertz CT molecular complexity index is 191. The summed E-state index contributed by atoms with van der Waals surface area (Å²) in [6.07, 6.45) is 0.754. The Morgan fingerprint density at radius 3 is 2.85 bits per heavy atom. The molecule has 1 rings (SSSR count). The van der Waals surface area contributed by atoms with Gasteiger partial charge >= 0.3 is 0 Å². The van der Waals surface area contributed by atoms with Crippen LogP contribution in [0.1, 0.15) is 19.3 Å². The molecule has 5 nitrogen and oxygen atoms in total. The van der Waals surface area contributed by atoms with Gasteiger partial charge in [-0.3, -0.25) is 0 Å². The SMILES string of the molecule is N#CC1CCC(O)CC1OOCO. The molecular formula is C8H13NO4. The van der Waals surface area contributed by atoms with E-state index in [1.54, 1.807) is 0 Å². The van der Waals surface area contributed by atoms with Crippen molar-refractivity contribution in [2.45, 2.75) is 31.5 Å². The Morgan fingerprint density at radius 1 is 1.46 bits per heavy atom. The summed E-state index contributed by atoms with van der Waals surface area (Å²) in [5, 5.41) is 26.3. The average Bonchev–Trinajstić information content (AvgIpc) is 2.15. The monoisotopic (exact) mass is 187 g/mol. The molecule has 13 heavy (non-hydrogen) atoms. The highest BCUT2D eigenvalue weighted by atomic mass is 17.2. The predicted molar refractivity (Wildman–Crippen MR) is 42.0 cm³/mol. The van der Waals surface area contributed by atoms with Gasteiger partial charge in [0.1, 0.15) is 6.10 Å². The van der Waals surface area contributed by atoms with Gasteiger partial charge in [0, 0.05) is 6.42 Å². The highest BCUT2D eigenvalue weighted by Crippen LogP contribution is 2.26. The lowest BCUT2D eigenvalue weighted by Gasteiger charge is -2.28. The van der Waals surface area contributed by atoms with Crippen LogP contribution < -0.4 is 0 Å². The van der Waals surface area contributed by atoms with Crippen molar-refractivity contribution >= 4 is 0 Å². The topological polar surface area (TPSA) is 82.7 Å². The van der Waals surface area contributed by atoms with Gasteiger partial charge < -0.3 is 10.2 Å². The van der Waals surface area contributed by atoms with Crippen LogP contribution in [0.5, 0.6) is 0 Å². The molecule has 0 spiro atoms. The molecule has 0 radical (unpaired) electrons. The molecule has 1 aliphatic carbocycles. The van der Waals surface area contributed by atoms with E-state index in [1.165, 1.54) is 0 Å². The van der Waals surface area contributed by atoms with Crippen LogP contribution in [-0.4, -0.2) is 29.2 Å². The van der Waals surface area contributed by atoms with Crippen molar-refractivity contribution in [3.63, 3.8) is 0 Å². The molecule has 0 heterocycles. The molecule has 2 N–H and O–H groups in total. The summed E-state index contributed by atoms with van der Waals surface area (Å²) in [6.45, 7) is -0.537. The molecule has 3 atom stereocenters. The van der Waals surface area contributed by atoms with Crippen LogP contribution in [0.3, 0.4) is 0 Å². The van der Waals surface area contributed by atoms with Crippen molar-refractivity contribution in [3.8, 4) is 6.07 Å². The van der Waals surface area contributed by atoms with E-state index in [2.05, 4.69) is 11.0 Å². The van der Waals surface area contributed by atoms with Gasteiger partial charge in [0.25, 0.3) is 0 Å². The molecule has 74 valence electrons. The Hall–Kier alpha value is -0.670. The zero-order valence-electron chi connectivity index (χ0n) is 7.22. The van der Waals surface area contributed by atoms with E-state index in [-0.39, 0.29) is 5.92 Å². The summed E-state index contributed by atoms with van der Waals surface area (Å²) in [6, 6.07) is 2.09. The molecule has 5 heteroatoms. The number of rotatable bonds is 3. The first-order valence-corrected chi connectivity index (χ1v) is 4.24. The fourth-order valence-electron chi connectivity index (χ4n) is 1.48. The smallest absolute Gasteiger partial charge is 0.178 e. The highest BCUT2D eigenvalue weighted by Gasteiger charge is 2.31. The second kappa shape index (κ2) is 5.14. The van der Waals surface area contributed by atoms with Gasteiger partial charge in [0.2, 0.25) is 0 Å². The lowest BCUT2D eigenvalue weighted by molar-refractivity contribution is -0.364. The second-order valence-corrected chi connectivity index (χ2v) is 3.08. The number of aliphatic hydroxyl groups is 2. The van der Waals surface area contributed by atoms with E-state index >= 15 is 0 Å². The molecule has 3 unspecified atom stereocenters. The minimum atomic E-state index is -0.537. The zero-order valence-corrected chi connectivity index (χ0v) is 7.22. The number of hydrogen-bond donors (Lipinski definition) is 2. The number of nitriles is 1. The molecule has 1 fully saturated rings. The van der Waals surface area contributed by atoms with Crippen LogP contribution in [0.2, 0.25) is 0 Å². The van der Waals surface area contributed by atoms with E-state index in [9.17, 15) is 5.11 Å². The molecule has 0 aromatic carbocycles. The maximum Gasteiger partial charge on any atom is 0.178 e. The molecule has 1 saturated carbocycles. The quantitative estimate of drug-likeness (QED) is 0.367. The minimum absolute atomic E-state index is 0.255. The zero-order chi connectivity index (χ0) is 9.68. The average molecular weight is 187 g/mol. The van der Waals surface area contributed by atoms with Crippen LogP contribution >= 0.6 is 0 Å². The first-order valence-electron chi connectivity index (χ1n) is 4.24. The van der Waals surface area contributed by atoms with E-state index in [0.29, 0.717) is 19.3 Å². The fraction of sp³-hybridized carbons (Fsp3) is 0.875. The Labute approximate surface area is 76.4 Å². The van der Waals surface area contributed by atoms with Crippen LogP contribution in [0.25, 0.3) is 0 Å². The van der Waals surface area contributed by atoms with Gasteiger partial charge in [0.15, 0.2) is 6.79 Å². The predicted octanol–water partition coefficient (Wildman–Crippen LogP) is -0.0624. The van der Waals surface area contributed by atoms with Gasteiger partial charge in [-0.2, -0.15) is 5.26 Å². The summed E-state index contributed by atoms with van der Waals surface area (Å²) in [7, 11) is 0. The molecular weight excluding hydrogens is 174 g/mol. The lowest BCUT2D eigenvalue weighted by Crippen LogP contribution is -2.33. The molecule has 0 saturated heterocycles. The van der Waals surface area contributed by atoms with Crippen LogP contribution in [0, 0.1) is 17.2 Å². The largest absolute Gasteiger partial charge is 0.393 e. The van der Waals surface area contributed by atoms with Gasteiger partial charge in [-0.05, 0) is 12.8 Å². The summed E-state index contributed by atoms with van der Waals surface area (Å²) < 4.78 is 0. The first-order chi connectivity index (χ1) is 6.27. The Balaban J connectivity index is 2.41. The van der Waals surface area contributed by atoms with Crippen LogP contribution in [0.4, 0.5) is 0 Å². The van der Waals surface area contributed by atoms with E-state index in [1.807, 2.05) is 0 Å². The molecule has 0 bridgehead atoms. The van der Waals surface area contributed by atoms with Crippen LogP contribution in [-0.2, 0) is 9.78 Å². The first kappa shape index (κ1) is 10.4. The van der Waals surface area contributed by atoms with Crippen molar-refractivity contribution in [2.24, 2.45) is 5.92 Å². The van der Waals surface area contributed by atoms with Crippen molar-refractivity contribution < 1.29 is 20.0 Å². The molecule has 0 amide bonds. The molecule has 0 aliphatic heterocycles. The second-order valence-electron chi connectivity index (χ2n) is 3.08. The Kier molecular flexibility index (Phi) is 4.12. The number of nitrogens with zero attached hydrogens (tertiary/aromatic N) is 1. The van der Waals surface area contributed by atoms with Gasteiger partial charge in [-0.15, -0.1) is 0 Å². The van der Waals surface area contributed by atoms with Crippen molar-refractivity contribution in [1.29, 1.82) is 5.26 Å². The highest BCUT2D eigenvalue weighted by molar-refractivity contribution is 4.93. The number of hydrogen-bond acceptors (Lipinski definition) is 5. The maximum absolute atomic E-state index is 9.28. The van der Waals surface area contributed by atoms with Gasteiger partial charge in [-0.25, -0.2) is 9.78 Å². The summed E-state index contributed by atoms with van der Waals surface area (Å²) in [5.74, 6) is -0.255. The molecule has 0 aromatic heterocycles. The van der Waals surface area contributed by atoms with Crippen molar-refractivity contribution in [1.82, 2.24) is 0 Å². The molecule has 1 aliphatic rings. The fourth-order valence-corrected chi connectivity index (χ4v) is 1.48. The van der Waals surface area contributed by atoms with Crippen LogP contribution in [0.15, 0.2) is 0 Å². The van der Waals surface area contributed by atoms with E-state index in [4.69, 9.17) is 15.3 Å². The van der Waals surface area contributed by atoms with E-state index < -0.39 is 19.0 Å². The minimum Gasteiger partial charge on any atom is -0.393 e.